The summed E-state index contributed by atoms with van der Waals surface area (Å²) in [5.41, 5.74) is 0.168. The van der Waals surface area contributed by atoms with Crippen LogP contribution >= 0.6 is 11.6 Å². The molecule has 0 saturated heterocycles. The van der Waals surface area contributed by atoms with E-state index >= 15 is 0 Å². The van der Waals surface area contributed by atoms with Crippen molar-refractivity contribution in [2.75, 3.05) is 21.3 Å². The SMILES string of the molecule is COC(=O)c1c(OC)cc(OC)c(Cl)c1C#CC=O. The zero-order valence-electron chi connectivity index (χ0n) is 10.6. The zero-order valence-corrected chi connectivity index (χ0v) is 11.3. The second-order valence-corrected chi connectivity index (χ2v) is 3.60. The Morgan fingerprint density at radius 3 is 2.37 bits per heavy atom. The molecule has 0 radical (unpaired) electrons. The molecular formula is C13H11ClO5. The van der Waals surface area contributed by atoms with E-state index in [0.717, 1.165) is 0 Å². The average Bonchev–Trinajstić information content (AvgIpc) is 2.44. The highest BCUT2D eigenvalue weighted by molar-refractivity contribution is 6.34. The molecule has 19 heavy (non-hydrogen) atoms. The standard InChI is InChI=1S/C13H11ClO5/c1-17-9-7-10(18-2)12(14)8(5-4-6-15)11(9)13(16)19-3/h6-7H,1-3H3. The maximum Gasteiger partial charge on any atom is 0.342 e. The lowest BCUT2D eigenvalue weighted by atomic mass is 10.1. The molecule has 0 heterocycles. The molecule has 1 aromatic carbocycles. The monoisotopic (exact) mass is 282 g/mol. The highest BCUT2D eigenvalue weighted by Crippen LogP contribution is 2.37. The molecule has 0 spiro atoms. The van der Waals surface area contributed by atoms with Gasteiger partial charge in [-0.1, -0.05) is 17.5 Å². The Balaban J connectivity index is 3.69. The first-order valence-corrected chi connectivity index (χ1v) is 5.46. The summed E-state index contributed by atoms with van der Waals surface area (Å²) in [5, 5.41) is 0.109. The van der Waals surface area contributed by atoms with Crippen LogP contribution in [0.25, 0.3) is 0 Å². The molecule has 0 unspecified atom stereocenters. The third kappa shape index (κ3) is 2.98. The lowest BCUT2D eigenvalue weighted by Crippen LogP contribution is -2.08. The van der Waals surface area contributed by atoms with E-state index in [-0.39, 0.29) is 27.6 Å². The Bertz CT molecular complexity index is 569. The van der Waals surface area contributed by atoms with Crippen molar-refractivity contribution in [2.45, 2.75) is 0 Å². The summed E-state index contributed by atoms with van der Waals surface area (Å²) in [6.07, 6.45) is 0.392. The van der Waals surface area contributed by atoms with Crippen LogP contribution in [0.5, 0.6) is 11.5 Å². The topological polar surface area (TPSA) is 61.8 Å². The summed E-state index contributed by atoms with van der Waals surface area (Å²) in [6, 6.07) is 1.45. The molecule has 0 bridgehead atoms. The number of rotatable bonds is 3. The molecule has 100 valence electrons. The molecule has 0 aliphatic carbocycles. The van der Waals surface area contributed by atoms with Crippen LogP contribution < -0.4 is 9.47 Å². The normalized spacial score (nSPS) is 9.05. The first-order valence-electron chi connectivity index (χ1n) is 5.08. The number of methoxy groups -OCH3 is 3. The fourth-order valence-corrected chi connectivity index (χ4v) is 1.72. The van der Waals surface area contributed by atoms with E-state index in [4.69, 9.17) is 21.1 Å². The molecular weight excluding hydrogens is 272 g/mol. The van der Waals surface area contributed by atoms with Gasteiger partial charge in [0.05, 0.1) is 31.9 Å². The Labute approximate surface area is 115 Å². The van der Waals surface area contributed by atoms with Crippen molar-refractivity contribution in [3.63, 3.8) is 0 Å². The summed E-state index contributed by atoms with van der Waals surface area (Å²) in [7, 11) is 4.01. The molecule has 0 saturated carbocycles. The molecule has 6 heteroatoms. The second kappa shape index (κ2) is 6.66. The van der Waals surface area contributed by atoms with Gasteiger partial charge in [-0.3, -0.25) is 4.79 Å². The summed E-state index contributed by atoms with van der Waals surface area (Å²) in [6.45, 7) is 0. The Morgan fingerprint density at radius 1 is 1.26 bits per heavy atom. The molecule has 1 rings (SSSR count). The number of aldehydes is 1. The van der Waals surface area contributed by atoms with Crippen LogP contribution in [0.3, 0.4) is 0 Å². The van der Waals surface area contributed by atoms with Crippen molar-refractivity contribution in [3.05, 3.63) is 22.2 Å². The fraction of sp³-hybridized carbons (Fsp3) is 0.231. The van der Waals surface area contributed by atoms with E-state index < -0.39 is 5.97 Å². The minimum atomic E-state index is -0.670. The third-order valence-electron chi connectivity index (χ3n) is 2.28. The maximum absolute atomic E-state index is 11.8. The Morgan fingerprint density at radius 2 is 1.89 bits per heavy atom. The Hall–Kier alpha value is -2.19. The predicted molar refractivity (Wildman–Crippen MR) is 68.8 cm³/mol. The lowest BCUT2D eigenvalue weighted by molar-refractivity contribution is -0.103. The molecule has 0 amide bonds. The van der Waals surface area contributed by atoms with E-state index in [1.54, 1.807) is 0 Å². The van der Waals surface area contributed by atoms with Crippen LogP contribution in [-0.2, 0) is 9.53 Å². The van der Waals surface area contributed by atoms with Crippen LogP contribution in [0.15, 0.2) is 6.07 Å². The van der Waals surface area contributed by atoms with Gasteiger partial charge in [0.1, 0.15) is 17.1 Å². The summed E-state index contributed by atoms with van der Waals surface area (Å²) in [4.78, 5) is 22.1. The van der Waals surface area contributed by atoms with E-state index in [9.17, 15) is 9.59 Å². The second-order valence-electron chi connectivity index (χ2n) is 3.22. The number of halogens is 1. The van der Waals surface area contributed by atoms with E-state index in [1.807, 2.05) is 0 Å². The van der Waals surface area contributed by atoms with Crippen molar-refractivity contribution >= 4 is 23.9 Å². The number of benzene rings is 1. The van der Waals surface area contributed by atoms with E-state index in [1.165, 1.54) is 27.4 Å². The van der Waals surface area contributed by atoms with Crippen LogP contribution in [0.4, 0.5) is 0 Å². The number of hydrogen-bond donors (Lipinski definition) is 0. The molecule has 0 atom stereocenters. The van der Waals surface area contributed by atoms with Crippen molar-refractivity contribution in [3.8, 4) is 23.3 Å². The van der Waals surface area contributed by atoms with Crippen LogP contribution in [0.1, 0.15) is 15.9 Å². The highest BCUT2D eigenvalue weighted by atomic mass is 35.5. The van der Waals surface area contributed by atoms with Gasteiger partial charge >= 0.3 is 5.97 Å². The van der Waals surface area contributed by atoms with Crippen molar-refractivity contribution in [1.82, 2.24) is 0 Å². The van der Waals surface area contributed by atoms with Crippen LogP contribution in [-0.4, -0.2) is 33.6 Å². The minimum absolute atomic E-state index is 0.0464. The van der Waals surface area contributed by atoms with E-state index in [0.29, 0.717) is 6.29 Å². The van der Waals surface area contributed by atoms with Gasteiger partial charge in [0, 0.05) is 6.07 Å². The van der Waals surface area contributed by atoms with Crippen molar-refractivity contribution in [2.24, 2.45) is 0 Å². The quantitative estimate of drug-likeness (QED) is 0.480. The first kappa shape index (κ1) is 14.9. The van der Waals surface area contributed by atoms with Gasteiger partial charge in [0.2, 0.25) is 0 Å². The Kier molecular flexibility index (Phi) is 5.22. The lowest BCUT2D eigenvalue weighted by Gasteiger charge is -2.13. The average molecular weight is 283 g/mol. The highest BCUT2D eigenvalue weighted by Gasteiger charge is 2.23. The number of carbonyl (C=O) groups is 2. The summed E-state index contributed by atoms with van der Waals surface area (Å²) >= 11 is 6.07. The van der Waals surface area contributed by atoms with E-state index in [2.05, 4.69) is 16.6 Å². The molecule has 0 aromatic heterocycles. The number of ether oxygens (including phenoxy) is 3. The number of carbonyl (C=O) groups excluding carboxylic acids is 2. The molecule has 0 N–H and O–H groups in total. The number of hydrogen-bond acceptors (Lipinski definition) is 5. The fourth-order valence-electron chi connectivity index (χ4n) is 1.44. The smallest absolute Gasteiger partial charge is 0.342 e. The van der Waals surface area contributed by atoms with Crippen LogP contribution in [0, 0.1) is 11.8 Å². The van der Waals surface area contributed by atoms with Crippen molar-refractivity contribution in [1.29, 1.82) is 0 Å². The van der Waals surface area contributed by atoms with Gasteiger partial charge < -0.3 is 14.2 Å². The summed E-state index contributed by atoms with van der Waals surface area (Å²) in [5.74, 6) is 4.49. The van der Waals surface area contributed by atoms with Gasteiger partial charge in [-0.15, -0.1) is 0 Å². The molecule has 1 aromatic rings. The molecule has 5 nitrogen and oxygen atoms in total. The van der Waals surface area contributed by atoms with Gasteiger partial charge in [0.25, 0.3) is 0 Å². The van der Waals surface area contributed by atoms with Gasteiger partial charge in [-0.25, -0.2) is 4.79 Å². The first-order chi connectivity index (χ1) is 9.10. The molecule has 0 fully saturated rings. The van der Waals surface area contributed by atoms with Gasteiger partial charge in [0.15, 0.2) is 6.29 Å². The largest absolute Gasteiger partial charge is 0.496 e. The van der Waals surface area contributed by atoms with Gasteiger partial charge in [-0.05, 0) is 5.92 Å². The van der Waals surface area contributed by atoms with Crippen LogP contribution in [0.2, 0.25) is 5.02 Å². The third-order valence-corrected chi connectivity index (χ3v) is 2.66. The number of esters is 1. The molecule has 0 aliphatic rings. The van der Waals surface area contributed by atoms with Crippen molar-refractivity contribution < 1.29 is 23.8 Å². The zero-order chi connectivity index (χ0) is 14.4. The van der Waals surface area contributed by atoms with Gasteiger partial charge in [-0.2, -0.15) is 0 Å². The molecule has 0 aliphatic heterocycles. The maximum atomic E-state index is 11.8. The summed E-state index contributed by atoms with van der Waals surface area (Å²) < 4.78 is 14.8. The minimum Gasteiger partial charge on any atom is -0.496 e. The predicted octanol–water partition coefficient (Wildman–Crippen LogP) is 1.69.